The van der Waals surface area contributed by atoms with Gasteiger partial charge in [0.2, 0.25) is 0 Å². The van der Waals surface area contributed by atoms with E-state index in [2.05, 4.69) is 29.0 Å². The third-order valence-electron chi connectivity index (χ3n) is 4.89. The van der Waals surface area contributed by atoms with Crippen LogP contribution in [-0.2, 0) is 6.42 Å². The van der Waals surface area contributed by atoms with Crippen LogP contribution in [0.2, 0.25) is 0 Å². The molecule has 2 rings (SSSR count). The average molecular weight is 386 g/mol. The minimum atomic E-state index is 0.505. The summed E-state index contributed by atoms with van der Waals surface area (Å²) in [6, 6.07) is 8.16. The molecule has 0 atom stereocenters. The highest BCUT2D eigenvalue weighted by Gasteiger charge is 2.03. The van der Waals surface area contributed by atoms with Crippen LogP contribution in [0, 0.1) is 6.67 Å². The van der Waals surface area contributed by atoms with Crippen molar-refractivity contribution in [3.63, 3.8) is 0 Å². The van der Waals surface area contributed by atoms with E-state index < -0.39 is 0 Å². The Bertz CT molecular complexity index is 628. The molecule has 0 aliphatic heterocycles. The molecule has 0 saturated heterocycles. The van der Waals surface area contributed by atoms with Crippen molar-refractivity contribution in [1.82, 2.24) is 9.97 Å². The van der Waals surface area contributed by atoms with Gasteiger partial charge in [0.25, 0.3) is 0 Å². The lowest BCUT2D eigenvalue weighted by Gasteiger charge is -2.07. The largest absolute Gasteiger partial charge is 0.490 e. The summed E-state index contributed by atoms with van der Waals surface area (Å²) >= 11 is 0. The molecule has 1 aromatic heterocycles. The Balaban J connectivity index is 1.66. The third kappa shape index (κ3) is 8.81. The van der Waals surface area contributed by atoms with Gasteiger partial charge in [0.15, 0.2) is 11.6 Å². The quantitative estimate of drug-likeness (QED) is 0.306. The number of hydrogen-bond donors (Lipinski definition) is 0. The molecule has 0 bridgehead atoms. The van der Waals surface area contributed by atoms with Gasteiger partial charge in [-0.2, -0.15) is 0 Å². The SMILES string of the molecule is CCCCCCCCCCOc1cnc(-c2ccc(CCC[CH]F)cc2)nc1. The van der Waals surface area contributed by atoms with Crippen LogP contribution < -0.4 is 4.74 Å². The predicted octanol–water partition coefficient (Wildman–Crippen LogP) is 7.12. The highest BCUT2D eigenvalue weighted by molar-refractivity contribution is 5.55. The first-order valence-corrected chi connectivity index (χ1v) is 10.8. The lowest BCUT2D eigenvalue weighted by atomic mass is 10.1. The summed E-state index contributed by atoms with van der Waals surface area (Å²) in [5.41, 5.74) is 2.19. The van der Waals surface area contributed by atoms with E-state index in [1.165, 1.54) is 50.5 Å². The van der Waals surface area contributed by atoms with Crippen molar-refractivity contribution in [3.8, 4) is 17.1 Å². The summed E-state index contributed by atoms with van der Waals surface area (Å²) in [5, 5.41) is 0. The fourth-order valence-corrected chi connectivity index (χ4v) is 3.17. The molecule has 0 fully saturated rings. The minimum absolute atomic E-state index is 0.505. The normalized spacial score (nSPS) is 10.9. The molecule has 0 spiro atoms. The highest BCUT2D eigenvalue weighted by Crippen LogP contribution is 2.18. The Morgan fingerprint density at radius 3 is 2.14 bits per heavy atom. The minimum Gasteiger partial charge on any atom is -0.490 e. The molecule has 2 aromatic rings. The van der Waals surface area contributed by atoms with Crippen LogP contribution in [0.1, 0.15) is 76.7 Å². The molecule has 153 valence electrons. The number of aromatic nitrogens is 2. The van der Waals surface area contributed by atoms with E-state index in [0.29, 0.717) is 12.2 Å². The van der Waals surface area contributed by atoms with Gasteiger partial charge in [-0.3, -0.25) is 0 Å². The molecular formula is C24H34FN2O. The summed E-state index contributed by atoms with van der Waals surface area (Å²) in [4.78, 5) is 8.84. The Morgan fingerprint density at radius 2 is 1.50 bits per heavy atom. The number of nitrogens with zero attached hydrogens (tertiary/aromatic N) is 2. The van der Waals surface area contributed by atoms with Crippen LogP contribution in [0.4, 0.5) is 4.39 Å². The summed E-state index contributed by atoms with van der Waals surface area (Å²) in [7, 11) is 0. The fraction of sp³-hybridized carbons (Fsp3) is 0.542. The van der Waals surface area contributed by atoms with Gasteiger partial charge < -0.3 is 4.74 Å². The van der Waals surface area contributed by atoms with Gasteiger partial charge in [-0.05, 0) is 31.2 Å². The van der Waals surface area contributed by atoms with Crippen LogP contribution >= 0.6 is 0 Å². The van der Waals surface area contributed by atoms with Crippen LogP contribution in [0.15, 0.2) is 36.7 Å². The van der Waals surface area contributed by atoms with Crippen molar-refractivity contribution in [2.24, 2.45) is 0 Å². The van der Waals surface area contributed by atoms with E-state index >= 15 is 0 Å². The number of ether oxygens (including phenoxy) is 1. The number of halogens is 1. The number of rotatable bonds is 15. The second-order valence-corrected chi connectivity index (χ2v) is 7.31. The van der Waals surface area contributed by atoms with Crippen molar-refractivity contribution in [2.45, 2.75) is 77.6 Å². The van der Waals surface area contributed by atoms with E-state index in [1.54, 1.807) is 12.4 Å². The number of hydrogen-bond acceptors (Lipinski definition) is 3. The lowest BCUT2D eigenvalue weighted by molar-refractivity contribution is 0.302. The van der Waals surface area contributed by atoms with Crippen molar-refractivity contribution in [1.29, 1.82) is 0 Å². The molecule has 1 heterocycles. The fourth-order valence-electron chi connectivity index (χ4n) is 3.17. The second-order valence-electron chi connectivity index (χ2n) is 7.31. The first kappa shape index (κ1) is 22.3. The molecule has 0 aliphatic carbocycles. The van der Waals surface area contributed by atoms with E-state index in [4.69, 9.17) is 4.74 Å². The van der Waals surface area contributed by atoms with Gasteiger partial charge in [-0.25, -0.2) is 14.4 Å². The zero-order valence-corrected chi connectivity index (χ0v) is 17.2. The van der Waals surface area contributed by atoms with Gasteiger partial charge in [0, 0.05) is 5.56 Å². The maximum absolute atomic E-state index is 12.0. The predicted molar refractivity (Wildman–Crippen MR) is 114 cm³/mol. The summed E-state index contributed by atoms with van der Waals surface area (Å²) in [5.74, 6) is 1.42. The first-order chi connectivity index (χ1) is 13.8. The Hall–Kier alpha value is -1.97. The standard InChI is InChI=1S/C24H34FN2O/c1-2-3-4-5-6-7-8-11-18-28-23-19-26-24(27-20-23)22-15-13-21(14-16-22)12-9-10-17-25/h13-17,19-20H,2-12,18H2,1H3. The van der Waals surface area contributed by atoms with Gasteiger partial charge in [-0.15, -0.1) is 0 Å². The van der Waals surface area contributed by atoms with Crippen molar-refractivity contribution in [3.05, 3.63) is 48.9 Å². The monoisotopic (exact) mass is 385 g/mol. The topological polar surface area (TPSA) is 35.0 Å². The Labute approximate surface area is 169 Å². The number of aryl methyl sites for hydroxylation is 1. The molecule has 0 amide bonds. The molecule has 28 heavy (non-hydrogen) atoms. The molecule has 0 unspecified atom stereocenters. The zero-order chi connectivity index (χ0) is 19.9. The maximum Gasteiger partial charge on any atom is 0.159 e. The number of unbranched alkanes of at least 4 members (excludes halogenated alkanes) is 8. The lowest BCUT2D eigenvalue weighted by Crippen LogP contribution is -1.99. The van der Waals surface area contributed by atoms with Crippen LogP contribution in [0.5, 0.6) is 5.75 Å². The van der Waals surface area contributed by atoms with Crippen LogP contribution in [0.3, 0.4) is 0 Å². The molecule has 3 nitrogen and oxygen atoms in total. The average Bonchev–Trinajstić information content (AvgIpc) is 2.74. The Kier molecular flexibility index (Phi) is 11.2. The van der Waals surface area contributed by atoms with Crippen molar-refractivity contribution < 1.29 is 9.13 Å². The molecule has 1 aromatic carbocycles. The van der Waals surface area contributed by atoms with Gasteiger partial charge in [-0.1, -0.05) is 76.1 Å². The van der Waals surface area contributed by atoms with E-state index in [0.717, 1.165) is 43.9 Å². The molecule has 0 saturated carbocycles. The summed E-state index contributed by atoms with van der Waals surface area (Å²) in [6.07, 6.45) is 16.1. The first-order valence-electron chi connectivity index (χ1n) is 10.8. The highest BCUT2D eigenvalue weighted by atomic mass is 19.1. The molecule has 4 heteroatoms. The van der Waals surface area contributed by atoms with Crippen molar-refractivity contribution in [2.75, 3.05) is 6.61 Å². The molecule has 0 aliphatic rings. The number of benzene rings is 1. The van der Waals surface area contributed by atoms with Gasteiger partial charge in [0.05, 0.1) is 19.0 Å². The van der Waals surface area contributed by atoms with E-state index in [1.807, 2.05) is 12.1 Å². The van der Waals surface area contributed by atoms with Gasteiger partial charge >= 0.3 is 0 Å². The van der Waals surface area contributed by atoms with Crippen LogP contribution in [-0.4, -0.2) is 16.6 Å². The van der Waals surface area contributed by atoms with Crippen molar-refractivity contribution >= 4 is 0 Å². The van der Waals surface area contributed by atoms with Gasteiger partial charge in [0.1, 0.15) is 6.67 Å². The molecule has 0 N–H and O–H groups in total. The second kappa shape index (κ2) is 14.1. The summed E-state index contributed by atoms with van der Waals surface area (Å²) < 4.78 is 17.8. The Morgan fingerprint density at radius 1 is 0.857 bits per heavy atom. The van der Waals surface area contributed by atoms with E-state index in [-0.39, 0.29) is 0 Å². The van der Waals surface area contributed by atoms with Crippen LogP contribution in [0.25, 0.3) is 11.4 Å². The smallest absolute Gasteiger partial charge is 0.159 e. The van der Waals surface area contributed by atoms with E-state index in [9.17, 15) is 4.39 Å². The zero-order valence-electron chi connectivity index (χ0n) is 17.2. The third-order valence-corrected chi connectivity index (χ3v) is 4.89. The molecule has 1 radical (unpaired) electrons. The maximum atomic E-state index is 12.0. The summed E-state index contributed by atoms with van der Waals surface area (Å²) in [6.45, 7) is 3.70. The molecular weight excluding hydrogens is 351 g/mol.